The van der Waals surface area contributed by atoms with Crippen LogP contribution in [0.1, 0.15) is 310 Å². The first-order chi connectivity index (χ1) is 70.4. The van der Waals surface area contributed by atoms with Gasteiger partial charge in [-0.05, 0) is 235 Å². The van der Waals surface area contributed by atoms with Gasteiger partial charge in [0.15, 0.2) is 5.12 Å². The van der Waals surface area contributed by atoms with Crippen molar-refractivity contribution in [3.05, 3.63) is 420 Å². The van der Waals surface area contributed by atoms with Crippen LogP contribution in [0.15, 0.2) is 308 Å². The van der Waals surface area contributed by atoms with E-state index in [1.165, 1.54) is 233 Å². The standard InChI is InChI=1S/C17H24OS.C15H23N.3C14H21N.2C13H19N.3C11H15N/c1-3-5-6-7-8-9-17(18)19-14-16-12-10-15(4-2)11-13-16;1-3-5-6-7-12-16-13-15-10-8-14(4-2)9-11-15;1-4-11-15(6-3)12-14-9-7-13(5-2)8-10-14;1-4-11-15(6-3)12-14-10-8-7-9-13(14)5-2;1-4-10-15(6-3)12-14-9-7-8-13(5-2)11-14;1-3-5-10-14-11-13-8-6-12(4-2)7-9-13;1-3-5-9-14-11-13-8-6-7-12(4-2)10-13;1-3-10-5-7-11(8-6-10)9-12-4-2;1-3-10-6-5-7-11(8-10)9-12-4-2;1-3-10-7-5-6-8-11(10)9-12-4-2/h4,10-13H,2-3,5-9,14H2,1H3;4,8-11,16H,2-3,5-7,12-13H2,1H3;2*5,7-10H,2,4,6,11-12H2,1,3H3;5,7-9,11H,2,4,6,10,12H2,1,3H3;4,6-9,14H,2-3,5,10-11H2,1H3;4,6-8,10,14H,2-3,5,9,11H2,1H3;3*3,5-8,12H,1,4,9H2,2H3. The molecule has 0 bridgehead atoms. The Morgan fingerprint density at radius 2 is 0.549 bits per heavy atom. The fraction of sp³-hybridized carbons (Fsp3) is 0.391. The van der Waals surface area contributed by atoms with Crippen LogP contribution in [0.5, 0.6) is 0 Å². The summed E-state index contributed by atoms with van der Waals surface area (Å²) in [5.41, 5.74) is 25.2. The molecule has 144 heavy (non-hydrogen) atoms. The quantitative estimate of drug-likeness (QED) is 0.0206. The molecule has 0 aliphatic carbocycles. The molecule has 0 heterocycles. The molecule has 0 spiro atoms. The predicted molar refractivity (Wildman–Crippen MR) is 650 cm³/mol. The first-order valence-corrected chi connectivity index (χ1v) is 55.0. The number of nitrogens with one attached hydrogen (secondary N) is 6. The number of carbonyl (C=O) groups is 1. The van der Waals surface area contributed by atoms with Crippen LogP contribution in [-0.2, 0) is 69.5 Å². The minimum absolute atomic E-state index is 0.323. The molecule has 11 heteroatoms. The summed E-state index contributed by atoms with van der Waals surface area (Å²) in [4.78, 5) is 19.1. The maximum atomic E-state index is 11.7. The van der Waals surface area contributed by atoms with E-state index in [9.17, 15) is 4.79 Å². The Balaban J connectivity index is 0.000000802. The van der Waals surface area contributed by atoms with Gasteiger partial charge in [0.25, 0.3) is 0 Å². The highest BCUT2D eigenvalue weighted by Crippen LogP contribution is 2.21. The Bertz CT molecular complexity index is 4900. The second kappa shape index (κ2) is 92.1. The van der Waals surface area contributed by atoms with Gasteiger partial charge in [-0.25, -0.2) is 0 Å². The first-order valence-electron chi connectivity index (χ1n) is 54.1. The molecule has 782 valence electrons. The zero-order valence-corrected chi connectivity index (χ0v) is 93.0. The summed E-state index contributed by atoms with van der Waals surface area (Å²) in [6.07, 6.45) is 39.5. The topological polar surface area (TPSA) is 99.0 Å². The van der Waals surface area contributed by atoms with Crippen LogP contribution < -0.4 is 31.9 Å². The Hall–Kier alpha value is -10.7. The molecule has 10 rings (SSSR count). The van der Waals surface area contributed by atoms with Crippen LogP contribution in [0.2, 0.25) is 0 Å². The highest BCUT2D eigenvalue weighted by atomic mass is 32.2. The van der Waals surface area contributed by atoms with Gasteiger partial charge in [0, 0.05) is 71.1 Å². The van der Waals surface area contributed by atoms with Gasteiger partial charge in [0.2, 0.25) is 0 Å². The van der Waals surface area contributed by atoms with Crippen molar-refractivity contribution in [1.82, 2.24) is 46.6 Å². The van der Waals surface area contributed by atoms with Crippen molar-refractivity contribution >= 4 is 77.6 Å². The maximum Gasteiger partial charge on any atom is 0.189 e. The van der Waals surface area contributed by atoms with Crippen molar-refractivity contribution < 1.29 is 4.79 Å². The van der Waals surface area contributed by atoms with Crippen molar-refractivity contribution in [2.75, 3.05) is 78.5 Å². The maximum absolute atomic E-state index is 11.7. The van der Waals surface area contributed by atoms with Crippen molar-refractivity contribution in [2.45, 2.75) is 264 Å². The smallest absolute Gasteiger partial charge is 0.189 e. The van der Waals surface area contributed by atoms with E-state index in [2.05, 4.69) is 427 Å². The molecule has 0 aliphatic rings. The number of hydrogen-bond donors (Lipinski definition) is 6. The van der Waals surface area contributed by atoms with E-state index < -0.39 is 0 Å². The van der Waals surface area contributed by atoms with Gasteiger partial charge in [-0.1, -0.05) is 529 Å². The Morgan fingerprint density at radius 3 is 0.917 bits per heavy atom. The van der Waals surface area contributed by atoms with Crippen molar-refractivity contribution in [2.24, 2.45) is 0 Å². The van der Waals surface area contributed by atoms with Gasteiger partial charge >= 0.3 is 0 Å². The lowest BCUT2D eigenvalue weighted by atomic mass is 10.1. The lowest BCUT2D eigenvalue weighted by Crippen LogP contribution is -2.23. The van der Waals surface area contributed by atoms with E-state index in [-0.39, 0.29) is 0 Å². The fourth-order valence-electron chi connectivity index (χ4n) is 14.7. The Kier molecular flexibility index (Phi) is 84.0. The van der Waals surface area contributed by atoms with E-state index in [1.807, 2.05) is 79.0 Å². The van der Waals surface area contributed by atoms with Gasteiger partial charge < -0.3 is 31.9 Å². The molecule has 0 saturated heterocycles. The van der Waals surface area contributed by atoms with E-state index in [4.69, 9.17) is 0 Å². The molecule has 6 N–H and O–H groups in total. The second-order valence-electron chi connectivity index (χ2n) is 35.5. The van der Waals surface area contributed by atoms with Crippen LogP contribution in [0.3, 0.4) is 0 Å². The molecule has 0 aromatic heterocycles. The molecule has 10 nitrogen and oxygen atoms in total. The lowest BCUT2D eigenvalue weighted by molar-refractivity contribution is -0.111. The molecule has 0 fully saturated rings. The van der Waals surface area contributed by atoms with Crippen LogP contribution >= 0.6 is 11.8 Å². The lowest BCUT2D eigenvalue weighted by Gasteiger charge is -2.20. The number of benzene rings is 10. The molecule has 0 atom stereocenters. The van der Waals surface area contributed by atoms with E-state index >= 15 is 0 Å². The van der Waals surface area contributed by atoms with E-state index in [0.717, 1.165) is 142 Å². The van der Waals surface area contributed by atoms with Crippen molar-refractivity contribution in [3.8, 4) is 0 Å². The number of rotatable bonds is 59. The highest BCUT2D eigenvalue weighted by Gasteiger charge is 2.09. The van der Waals surface area contributed by atoms with E-state index in [0.29, 0.717) is 5.12 Å². The Labute approximate surface area is 885 Å². The number of thioether (sulfide) groups is 1. The van der Waals surface area contributed by atoms with Gasteiger partial charge in [-0.3, -0.25) is 19.5 Å². The van der Waals surface area contributed by atoms with Crippen molar-refractivity contribution in [1.29, 1.82) is 0 Å². The molecule has 0 aliphatic heterocycles. The summed E-state index contributed by atoms with van der Waals surface area (Å²) in [6, 6.07) is 84.5. The third kappa shape index (κ3) is 67.0. The SMILES string of the molecule is C=Cc1ccc(CN(CC)CCC)cc1.C=Cc1ccc(CNCC)cc1.C=Cc1ccc(CNCCCC)cc1.C=Cc1ccc(CNCCCCCC)cc1.C=Cc1ccc(CSC(=O)CCCCCCC)cc1.C=Cc1cccc(CN(CC)CCC)c1.C=Cc1cccc(CNCC)c1.C=Cc1cccc(CNCCCC)c1.C=Cc1ccccc1CN(CC)CCC.C=Cc1ccccc1CNCC. The summed E-state index contributed by atoms with van der Waals surface area (Å²) < 4.78 is 0. The fourth-order valence-corrected chi connectivity index (χ4v) is 15.5. The third-order valence-electron chi connectivity index (χ3n) is 23.6. The number of hydrogen-bond acceptors (Lipinski definition) is 11. The van der Waals surface area contributed by atoms with Crippen molar-refractivity contribution in [3.63, 3.8) is 0 Å². The monoisotopic (exact) mass is 1960 g/mol. The number of unbranched alkanes of at least 4 members (excludes halogenated alkanes) is 9. The Morgan fingerprint density at radius 1 is 0.250 bits per heavy atom. The summed E-state index contributed by atoms with van der Waals surface area (Å²) in [6.45, 7) is 88.2. The first kappa shape index (κ1) is 131. The van der Waals surface area contributed by atoms with Crippen LogP contribution in [0.25, 0.3) is 60.8 Å². The molecule has 0 radical (unpaired) electrons. The molecular weight excluding hydrogens is 1770 g/mol. The average molecular weight is 1970 g/mol. The summed E-state index contributed by atoms with van der Waals surface area (Å²) in [5.74, 6) is 0.783. The molecule has 0 saturated carbocycles. The van der Waals surface area contributed by atoms with E-state index in [1.54, 1.807) is 0 Å². The number of nitrogens with zero attached hydrogens (tertiary/aromatic N) is 3. The van der Waals surface area contributed by atoms with Gasteiger partial charge in [0.05, 0.1) is 0 Å². The summed E-state index contributed by atoms with van der Waals surface area (Å²) >= 11 is 1.44. The van der Waals surface area contributed by atoms with Gasteiger partial charge in [0.1, 0.15) is 0 Å². The molecular formula is C133H193N9OS. The molecule has 10 aromatic rings. The normalized spacial score (nSPS) is 10.2. The largest absolute Gasteiger partial charge is 0.313 e. The van der Waals surface area contributed by atoms with Crippen LogP contribution in [0, 0.1) is 0 Å². The molecule has 0 amide bonds. The van der Waals surface area contributed by atoms with Crippen LogP contribution in [0.4, 0.5) is 0 Å². The molecule has 0 unspecified atom stereocenters. The predicted octanol–water partition coefficient (Wildman–Crippen LogP) is 33.9. The second-order valence-corrected chi connectivity index (χ2v) is 36.5. The summed E-state index contributed by atoms with van der Waals surface area (Å²) in [7, 11) is 0. The zero-order valence-electron chi connectivity index (χ0n) is 92.2. The third-order valence-corrected chi connectivity index (χ3v) is 24.6. The minimum atomic E-state index is 0.323. The van der Waals surface area contributed by atoms with Crippen LogP contribution in [-0.4, -0.2) is 98.4 Å². The van der Waals surface area contributed by atoms with Gasteiger partial charge in [-0.15, -0.1) is 0 Å². The average Bonchev–Trinajstić information content (AvgIpc) is 0.932. The van der Waals surface area contributed by atoms with Gasteiger partial charge in [-0.2, -0.15) is 0 Å². The minimum Gasteiger partial charge on any atom is -0.313 e. The highest BCUT2D eigenvalue weighted by molar-refractivity contribution is 8.12. The molecule has 10 aromatic carbocycles. The zero-order chi connectivity index (χ0) is 106. The number of carbonyl (C=O) groups excluding carboxylic acids is 1. The summed E-state index contributed by atoms with van der Waals surface area (Å²) in [5, 5.41) is 20.5.